The van der Waals surface area contributed by atoms with Crippen LogP contribution in [0.15, 0.2) is 78.9 Å². The third kappa shape index (κ3) is 6.92. The predicted octanol–water partition coefficient (Wildman–Crippen LogP) is 5.72. The van der Waals surface area contributed by atoms with E-state index >= 15 is 0 Å². The number of halogens is 2. The monoisotopic (exact) mass is 492 g/mol. The fourth-order valence-electron chi connectivity index (χ4n) is 4.61. The SMILES string of the molecule is O=C(NC1CCCC1)[C@@H](Cc1ccccc1)N(Cc1ccc(F)cc1)C(=O)Cc1ccccc1Cl. The van der Waals surface area contributed by atoms with Crippen LogP contribution in [0.4, 0.5) is 4.39 Å². The van der Waals surface area contributed by atoms with Crippen LogP contribution in [-0.4, -0.2) is 28.8 Å². The van der Waals surface area contributed by atoms with Crippen LogP contribution in [0.3, 0.4) is 0 Å². The van der Waals surface area contributed by atoms with Crippen molar-refractivity contribution in [2.45, 2.75) is 57.2 Å². The second-order valence-corrected chi connectivity index (χ2v) is 9.52. The highest BCUT2D eigenvalue weighted by Crippen LogP contribution is 2.22. The summed E-state index contributed by atoms with van der Waals surface area (Å²) in [6, 6.07) is 22.4. The smallest absolute Gasteiger partial charge is 0.243 e. The number of carbonyl (C=O) groups excluding carboxylic acids is 2. The van der Waals surface area contributed by atoms with Gasteiger partial charge in [0.15, 0.2) is 0 Å². The number of hydrogen-bond donors (Lipinski definition) is 1. The molecule has 0 saturated heterocycles. The van der Waals surface area contributed by atoms with Gasteiger partial charge in [-0.1, -0.05) is 85.1 Å². The van der Waals surface area contributed by atoms with Crippen molar-refractivity contribution in [1.82, 2.24) is 10.2 Å². The molecule has 1 atom stereocenters. The van der Waals surface area contributed by atoms with Crippen molar-refractivity contribution in [3.8, 4) is 0 Å². The maximum atomic E-state index is 13.7. The molecule has 1 saturated carbocycles. The average Bonchev–Trinajstić information content (AvgIpc) is 3.37. The molecule has 35 heavy (non-hydrogen) atoms. The molecule has 3 aromatic carbocycles. The Morgan fingerprint density at radius 1 is 0.914 bits per heavy atom. The molecule has 0 bridgehead atoms. The van der Waals surface area contributed by atoms with Gasteiger partial charge in [-0.25, -0.2) is 4.39 Å². The molecule has 4 rings (SSSR count). The van der Waals surface area contributed by atoms with Crippen molar-refractivity contribution in [3.63, 3.8) is 0 Å². The molecule has 3 aromatic rings. The Labute approximate surface area is 211 Å². The van der Waals surface area contributed by atoms with E-state index in [1.165, 1.54) is 12.1 Å². The average molecular weight is 493 g/mol. The highest BCUT2D eigenvalue weighted by atomic mass is 35.5. The van der Waals surface area contributed by atoms with Crippen LogP contribution in [0.25, 0.3) is 0 Å². The van der Waals surface area contributed by atoms with Gasteiger partial charge in [-0.05, 0) is 47.7 Å². The first-order chi connectivity index (χ1) is 17.0. The number of benzene rings is 3. The van der Waals surface area contributed by atoms with Gasteiger partial charge >= 0.3 is 0 Å². The first-order valence-electron chi connectivity index (χ1n) is 12.1. The maximum Gasteiger partial charge on any atom is 0.243 e. The van der Waals surface area contributed by atoms with Gasteiger partial charge < -0.3 is 10.2 Å². The minimum atomic E-state index is -0.710. The van der Waals surface area contributed by atoms with Crippen LogP contribution < -0.4 is 5.32 Å². The van der Waals surface area contributed by atoms with Gasteiger partial charge in [0.25, 0.3) is 0 Å². The minimum Gasteiger partial charge on any atom is -0.352 e. The van der Waals surface area contributed by atoms with Gasteiger partial charge in [-0.2, -0.15) is 0 Å². The molecule has 1 aliphatic carbocycles. The van der Waals surface area contributed by atoms with Gasteiger partial charge in [0.05, 0.1) is 6.42 Å². The van der Waals surface area contributed by atoms with E-state index in [-0.39, 0.29) is 36.6 Å². The molecule has 1 N–H and O–H groups in total. The van der Waals surface area contributed by atoms with Gasteiger partial charge in [-0.15, -0.1) is 0 Å². The van der Waals surface area contributed by atoms with Crippen molar-refractivity contribution < 1.29 is 14.0 Å². The largest absolute Gasteiger partial charge is 0.352 e. The standard InChI is InChI=1S/C29H30ClFN2O2/c30-26-13-7-4-10-23(26)19-28(34)33(20-22-14-16-24(31)17-15-22)27(18-21-8-2-1-3-9-21)29(35)32-25-11-5-6-12-25/h1-4,7-10,13-17,25,27H,5-6,11-12,18-20H2,(H,32,35)/t27-/m1/s1. The maximum absolute atomic E-state index is 13.7. The fourth-order valence-corrected chi connectivity index (χ4v) is 4.82. The van der Waals surface area contributed by atoms with Crippen molar-refractivity contribution in [1.29, 1.82) is 0 Å². The molecular weight excluding hydrogens is 463 g/mol. The lowest BCUT2D eigenvalue weighted by Gasteiger charge is -2.32. The molecule has 0 aliphatic heterocycles. The first kappa shape index (κ1) is 24.9. The van der Waals surface area contributed by atoms with Gasteiger partial charge in [0, 0.05) is 24.0 Å². The summed E-state index contributed by atoms with van der Waals surface area (Å²) >= 11 is 6.34. The summed E-state index contributed by atoms with van der Waals surface area (Å²) in [6.45, 7) is 0.194. The zero-order chi connectivity index (χ0) is 24.6. The number of rotatable bonds is 9. The zero-order valence-electron chi connectivity index (χ0n) is 19.6. The second-order valence-electron chi connectivity index (χ2n) is 9.11. The summed E-state index contributed by atoms with van der Waals surface area (Å²) in [4.78, 5) is 29.0. The lowest BCUT2D eigenvalue weighted by atomic mass is 10.0. The fraction of sp³-hybridized carbons (Fsp3) is 0.310. The number of nitrogens with zero attached hydrogens (tertiary/aromatic N) is 1. The van der Waals surface area contributed by atoms with E-state index < -0.39 is 6.04 Å². The molecule has 0 spiro atoms. The number of hydrogen-bond acceptors (Lipinski definition) is 2. The van der Waals surface area contributed by atoms with Crippen molar-refractivity contribution in [2.75, 3.05) is 0 Å². The predicted molar refractivity (Wildman–Crippen MR) is 136 cm³/mol. The summed E-state index contributed by atoms with van der Waals surface area (Å²) in [5.74, 6) is -0.706. The van der Waals surface area contributed by atoms with Crippen LogP contribution in [0.1, 0.15) is 42.4 Å². The Bertz CT molecular complexity index is 1130. The Hall–Kier alpha value is -3.18. The Morgan fingerprint density at radius 2 is 1.57 bits per heavy atom. The van der Waals surface area contributed by atoms with E-state index in [0.717, 1.165) is 36.8 Å². The number of carbonyl (C=O) groups is 2. The Kier molecular flexibility index (Phi) is 8.54. The Balaban J connectivity index is 1.66. The normalized spacial score (nSPS) is 14.5. The van der Waals surface area contributed by atoms with Gasteiger partial charge in [-0.3, -0.25) is 9.59 Å². The summed E-state index contributed by atoms with van der Waals surface area (Å²) in [7, 11) is 0. The lowest BCUT2D eigenvalue weighted by molar-refractivity contribution is -0.141. The quantitative estimate of drug-likeness (QED) is 0.415. The molecule has 1 fully saturated rings. The van der Waals surface area contributed by atoms with E-state index in [2.05, 4.69) is 5.32 Å². The van der Waals surface area contributed by atoms with Crippen LogP contribution in [-0.2, 0) is 29.0 Å². The summed E-state index contributed by atoms with van der Waals surface area (Å²) in [5.41, 5.74) is 2.43. The van der Waals surface area contributed by atoms with E-state index in [0.29, 0.717) is 17.0 Å². The summed E-state index contributed by atoms with van der Waals surface area (Å²) in [6.07, 6.45) is 4.56. The molecule has 1 aliphatic rings. The van der Waals surface area contributed by atoms with Crippen molar-refractivity contribution >= 4 is 23.4 Å². The molecular formula is C29H30ClFN2O2. The molecule has 6 heteroatoms. The minimum absolute atomic E-state index is 0.0723. The second kappa shape index (κ2) is 12.0. The van der Waals surface area contributed by atoms with E-state index in [4.69, 9.17) is 11.6 Å². The molecule has 0 unspecified atom stereocenters. The van der Waals surface area contributed by atoms with E-state index in [9.17, 15) is 14.0 Å². The highest BCUT2D eigenvalue weighted by molar-refractivity contribution is 6.31. The molecule has 0 heterocycles. The summed E-state index contributed by atoms with van der Waals surface area (Å²) in [5, 5.41) is 3.70. The van der Waals surface area contributed by atoms with Crippen LogP contribution in [0, 0.1) is 5.82 Å². The molecule has 0 aromatic heterocycles. The Morgan fingerprint density at radius 3 is 2.26 bits per heavy atom. The summed E-state index contributed by atoms with van der Waals surface area (Å²) < 4.78 is 13.6. The zero-order valence-corrected chi connectivity index (χ0v) is 20.4. The topological polar surface area (TPSA) is 49.4 Å². The third-order valence-electron chi connectivity index (χ3n) is 6.54. The van der Waals surface area contributed by atoms with Crippen LogP contribution in [0.2, 0.25) is 5.02 Å². The van der Waals surface area contributed by atoms with Crippen LogP contribution >= 0.6 is 11.6 Å². The van der Waals surface area contributed by atoms with Crippen LogP contribution in [0.5, 0.6) is 0 Å². The highest BCUT2D eigenvalue weighted by Gasteiger charge is 2.32. The van der Waals surface area contributed by atoms with Crippen molar-refractivity contribution in [2.24, 2.45) is 0 Å². The third-order valence-corrected chi connectivity index (χ3v) is 6.91. The molecule has 182 valence electrons. The van der Waals surface area contributed by atoms with Gasteiger partial charge in [0.2, 0.25) is 11.8 Å². The molecule has 4 nitrogen and oxygen atoms in total. The van der Waals surface area contributed by atoms with E-state index in [1.807, 2.05) is 48.5 Å². The lowest BCUT2D eigenvalue weighted by Crippen LogP contribution is -2.52. The number of amides is 2. The number of nitrogens with one attached hydrogen (secondary N) is 1. The van der Waals surface area contributed by atoms with E-state index in [1.54, 1.807) is 23.1 Å². The van der Waals surface area contributed by atoms with Crippen molar-refractivity contribution in [3.05, 3.63) is 106 Å². The molecule has 0 radical (unpaired) electrons. The first-order valence-corrected chi connectivity index (χ1v) is 12.5. The van der Waals surface area contributed by atoms with Gasteiger partial charge in [0.1, 0.15) is 11.9 Å². The molecule has 2 amide bonds.